The van der Waals surface area contributed by atoms with Crippen LogP contribution in [0.25, 0.3) is 11.1 Å². The van der Waals surface area contributed by atoms with Crippen LogP contribution in [0.15, 0.2) is 0 Å². The summed E-state index contributed by atoms with van der Waals surface area (Å²) in [7, 11) is 1.22. The fourth-order valence-electron chi connectivity index (χ4n) is 3.71. The average molecular weight is 568 g/mol. The standard InChI is InChI=1S/C14H3F11.C11H25P/c1-2-3(4-7(16)11(20)13(22)12(21)8(4)17)5(14(23,24)25)9(18)10(19)6(2)15;1-4-7-8-11(5-2)9-10-12-6-3/h1H3;11-12H,4-10H2,1-3H3. The lowest BCUT2D eigenvalue weighted by molar-refractivity contribution is -0.139. The zero-order valence-corrected chi connectivity index (χ0v) is 21.7. The second-order valence-electron chi connectivity index (χ2n) is 8.32. The number of halogens is 11. The summed E-state index contributed by atoms with van der Waals surface area (Å²) < 4.78 is 146. The summed E-state index contributed by atoms with van der Waals surface area (Å²) in [5.74, 6) is -20.2. The van der Waals surface area contributed by atoms with E-state index in [1.165, 1.54) is 53.0 Å². The van der Waals surface area contributed by atoms with Gasteiger partial charge in [-0.25, -0.2) is 35.1 Å². The SMILES string of the molecule is CCCCC(CC)CCPCC.Cc1c(F)c(F)c(F)c(C(F)(F)F)c1-c1c(F)c(F)c(F)c(F)c1F. The van der Waals surface area contributed by atoms with Crippen molar-refractivity contribution in [2.45, 2.75) is 66.0 Å². The second-order valence-corrected chi connectivity index (χ2v) is 10.0. The Morgan fingerprint density at radius 1 is 0.649 bits per heavy atom. The molecule has 0 aliphatic carbocycles. The van der Waals surface area contributed by atoms with Crippen molar-refractivity contribution in [2.24, 2.45) is 5.92 Å². The first-order chi connectivity index (χ1) is 17.2. The summed E-state index contributed by atoms with van der Waals surface area (Å²) in [5, 5.41) is 0. The number of alkyl halides is 3. The Kier molecular flexibility index (Phi) is 12.8. The first-order valence-electron chi connectivity index (χ1n) is 11.6. The van der Waals surface area contributed by atoms with Crippen molar-refractivity contribution in [2.75, 3.05) is 12.3 Å². The van der Waals surface area contributed by atoms with Gasteiger partial charge < -0.3 is 0 Å². The van der Waals surface area contributed by atoms with E-state index in [1.54, 1.807) is 0 Å². The molecule has 210 valence electrons. The van der Waals surface area contributed by atoms with E-state index in [4.69, 9.17) is 0 Å². The third kappa shape index (κ3) is 7.80. The zero-order valence-electron chi connectivity index (χ0n) is 20.7. The van der Waals surface area contributed by atoms with Crippen LogP contribution in [0.4, 0.5) is 48.3 Å². The molecule has 0 fully saturated rings. The van der Waals surface area contributed by atoms with Crippen molar-refractivity contribution in [1.29, 1.82) is 0 Å². The van der Waals surface area contributed by atoms with E-state index < -0.39 is 75.0 Å². The third-order valence-corrected chi connectivity index (χ3v) is 6.97. The van der Waals surface area contributed by atoms with Gasteiger partial charge in [-0.3, -0.25) is 0 Å². The van der Waals surface area contributed by atoms with Gasteiger partial charge in [0.2, 0.25) is 5.82 Å². The van der Waals surface area contributed by atoms with Gasteiger partial charge in [0.05, 0.1) is 5.56 Å². The van der Waals surface area contributed by atoms with Crippen molar-refractivity contribution in [3.63, 3.8) is 0 Å². The minimum atomic E-state index is -5.83. The summed E-state index contributed by atoms with van der Waals surface area (Å²) in [6.07, 6.45) is 4.21. The van der Waals surface area contributed by atoms with Gasteiger partial charge in [0.25, 0.3) is 0 Å². The van der Waals surface area contributed by atoms with Gasteiger partial charge in [-0.2, -0.15) is 13.2 Å². The van der Waals surface area contributed by atoms with Gasteiger partial charge in [0, 0.05) is 5.56 Å². The largest absolute Gasteiger partial charge is 0.419 e. The van der Waals surface area contributed by atoms with Crippen LogP contribution < -0.4 is 0 Å². The van der Waals surface area contributed by atoms with Crippen LogP contribution in [0.5, 0.6) is 0 Å². The Morgan fingerprint density at radius 3 is 1.57 bits per heavy atom. The quantitative estimate of drug-likeness (QED) is 0.0929. The molecule has 0 amide bonds. The highest BCUT2D eigenvalue weighted by atomic mass is 31.1. The Balaban J connectivity index is 0.000000482. The fourth-order valence-corrected chi connectivity index (χ4v) is 4.68. The molecule has 12 heteroatoms. The molecule has 0 heterocycles. The molecule has 0 aliphatic rings. The summed E-state index contributed by atoms with van der Waals surface area (Å²) >= 11 is 0. The predicted octanol–water partition coefficient (Wildman–Crippen LogP) is 10.1. The van der Waals surface area contributed by atoms with Crippen molar-refractivity contribution in [1.82, 2.24) is 0 Å². The van der Waals surface area contributed by atoms with Crippen molar-refractivity contribution in [3.8, 4) is 11.1 Å². The maximum absolute atomic E-state index is 13.8. The Morgan fingerprint density at radius 2 is 1.14 bits per heavy atom. The highest BCUT2D eigenvalue weighted by Crippen LogP contribution is 2.45. The molecule has 2 aromatic carbocycles. The van der Waals surface area contributed by atoms with Crippen LogP contribution in [-0.2, 0) is 6.18 Å². The first-order valence-corrected chi connectivity index (χ1v) is 13.0. The lowest BCUT2D eigenvalue weighted by Crippen LogP contribution is -2.17. The minimum Gasteiger partial charge on any atom is -0.203 e. The fraction of sp³-hybridized carbons (Fsp3) is 0.520. The van der Waals surface area contributed by atoms with Crippen LogP contribution in [0.3, 0.4) is 0 Å². The van der Waals surface area contributed by atoms with Crippen LogP contribution in [0.1, 0.15) is 64.0 Å². The van der Waals surface area contributed by atoms with E-state index in [-0.39, 0.29) is 0 Å². The van der Waals surface area contributed by atoms with E-state index in [2.05, 4.69) is 20.8 Å². The molecule has 2 rings (SSSR count). The van der Waals surface area contributed by atoms with Crippen molar-refractivity contribution >= 4 is 8.58 Å². The number of benzene rings is 2. The number of hydrogen-bond donors (Lipinski definition) is 0. The van der Waals surface area contributed by atoms with Crippen LogP contribution >= 0.6 is 8.58 Å². The molecule has 0 nitrogen and oxygen atoms in total. The lowest BCUT2D eigenvalue weighted by Gasteiger charge is -2.19. The molecule has 37 heavy (non-hydrogen) atoms. The van der Waals surface area contributed by atoms with Crippen molar-refractivity contribution < 1.29 is 48.3 Å². The van der Waals surface area contributed by atoms with E-state index in [1.807, 2.05) is 0 Å². The van der Waals surface area contributed by atoms with Crippen molar-refractivity contribution in [3.05, 3.63) is 57.7 Å². The maximum Gasteiger partial charge on any atom is 0.419 e. The molecule has 0 N–H and O–H groups in total. The smallest absolute Gasteiger partial charge is 0.203 e. The van der Waals surface area contributed by atoms with Gasteiger partial charge in [-0.15, -0.1) is 8.58 Å². The Bertz CT molecular complexity index is 1040. The highest BCUT2D eigenvalue weighted by molar-refractivity contribution is 7.37. The normalized spacial score (nSPS) is 12.7. The molecule has 0 spiro atoms. The molecule has 0 aliphatic heterocycles. The monoisotopic (exact) mass is 568 g/mol. The lowest BCUT2D eigenvalue weighted by atomic mass is 9.92. The van der Waals surface area contributed by atoms with Crippen LogP contribution in [0.2, 0.25) is 0 Å². The zero-order chi connectivity index (χ0) is 28.7. The summed E-state index contributed by atoms with van der Waals surface area (Å²) in [5.41, 5.74) is -8.45. The molecular weight excluding hydrogens is 540 g/mol. The molecular formula is C25H28F11P. The van der Waals surface area contributed by atoms with Gasteiger partial charge >= 0.3 is 6.18 Å². The summed E-state index contributed by atoms with van der Waals surface area (Å²) in [6, 6.07) is 0. The topological polar surface area (TPSA) is 0 Å². The molecule has 0 saturated heterocycles. The average Bonchev–Trinajstić information content (AvgIpc) is 2.85. The van der Waals surface area contributed by atoms with E-state index in [9.17, 15) is 48.3 Å². The highest BCUT2D eigenvalue weighted by Gasteiger charge is 2.43. The molecule has 0 radical (unpaired) electrons. The summed E-state index contributed by atoms with van der Waals surface area (Å²) in [6.45, 7) is 7.29. The van der Waals surface area contributed by atoms with Crippen LogP contribution in [-0.4, -0.2) is 12.3 Å². The van der Waals surface area contributed by atoms with Gasteiger partial charge in [-0.1, -0.05) is 46.5 Å². The molecule has 0 bridgehead atoms. The van der Waals surface area contributed by atoms with E-state index >= 15 is 0 Å². The number of unbranched alkanes of at least 4 members (excludes halogenated alkanes) is 1. The predicted molar refractivity (Wildman–Crippen MR) is 123 cm³/mol. The first kappa shape index (κ1) is 33.1. The third-order valence-electron chi connectivity index (χ3n) is 5.83. The van der Waals surface area contributed by atoms with Gasteiger partial charge in [-0.05, 0) is 37.1 Å². The van der Waals surface area contributed by atoms with Crippen LogP contribution in [0, 0.1) is 59.4 Å². The maximum atomic E-state index is 13.8. The molecule has 2 aromatic rings. The molecule has 2 atom stereocenters. The van der Waals surface area contributed by atoms with E-state index in [0.29, 0.717) is 6.92 Å². The van der Waals surface area contributed by atoms with E-state index in [0.717, 1.165) is 5.92 Å². The Labute approximate surface area is 210 Å². The minimum absolute atomic E-state index is 0.362. The Hall–Kier alpha value is -1.90. The molecule has 0 aromatic heterocycles. The summed E-state index contributed by atoms with van der Waals surface area (Å²) in [4.78, 5) is 0. The van der Waals surface area contributed by atoms with Gasteiger partial charge in [0.15, 0.2) is 40.7 Å². The number of rotatable bonds is 9. The van der Waals surface area contributed by atoms with Gasteiger partial charge in [0.1, 0.15) is 5.56 Å². The molecule has 2 unspecified atom stereocenters. The number of hydrogen-bond acceptors (Lipinski definition) is 0. The molecule has 0 saturated carbocycles. The second kappa shape index (κ2) is 14.3.